The molecule has 0 amide bonds. The van der Waals surface area contributed by atoms with Crippen molar-refractivity contribution < 1.29 is 13.2 Å². The van der Waals surface area contributed by atoms with Crippen molar-refractivity contribution in [3.8, 4) is 17.6 Å². The number of rotatable bonds is 3. The van der Waals surface area contributed by atoms with Crippen molar-refractivity contribution in [1.82, 2.24) is 0 Å². The normalized spacial score (nSPS) is 20.6. The molecule has 3 nitrogen and oxygen atoms in total. The molecule has 1 fully saturated rings. The molecule has 0 aromatic heterocycles. The zero-order chi connectivity index (χ0) is 13.7. The minimum Gasteiger partial charge on any atom is -0.489 e. The van der Waals surface area contributed by atoms with E-state index in [9.17, 15) is 8.42 Å². The number of hydrogen-bond acceptors (Lipinski definition) is 3. The van der Waals surface area contributed by atoms with Gasteiger partial charge in [0.25, 0.3) is 0 Å². The maximum atomic E-state index is 11.3. The average molecular weight is 299 g/mol. The van der Waals surface area contributed by atoms with E-state index in [1.165, 1.54) is 0 Å². The van der Waals surface area contributed by atoms with Crippen LogP contribution in [-0.4, -0.2) is 31.9 Å². The van der Waals surface area contributed by atoms with Crippen LogP contribution >= 0.6 is 11.6 Å². The maximum absolute atomic E-state index is 11.3. The SMILES string of the molecule is O=S1(=O)CCC(Oc2ccc(C#CCCCl)cc2)C1. The summed E-state index contributed by atoms with van der Waals surface area (Å²) >= 11 is 5.54. The summed E-state index contributed by atoms with van der Waals surface area (Å²) in [5.74, 6) is 7.50. The number of benzene rings is 1. The Morgan fingerprint density at radius 3 is 2.63 bits per heavy atom. The van der Waals surface area contributed by atoms with Crippen LogP contribution in [0.1, 0.15) is 18.4 Å². The molecule has 1 aliphatic heterocycles. The molecule has 19 heavy (non-hydrogen) atoms. The van der Waals surface area contributed by atoms with Gasteiger partial charge in [-0.1, -0.05) is 11.8 Å². The second-order valence-electron chi connectivity index (χ2n) is 4.41. The predicted octanol–water partition coefficient (Wildman–Crippen LogP) is 2.23. The van der Waals surface area contributed by atoms with Crippen molar-refractivity contribution in [1.29, 1.82) is 0 Å². The third kappa shape index (κ3) is 4.45. The van der Waals surface area contributed by atoms with Crippen LogP contribution in [0.3, 0.4) is 0 Å². The zero-order valence-electron chi connectivity index (χ0n) is 10.4. The van der Waals surface area contributed by atoms with Crippen molar-refractivity contribution in [2.24, 2.45) is 0 Å². The molecule has 0 radical (unpaired) electrons. The molecular weight excluding hydrogens is 284 g/mol. The van der Waals surface area contributed by atoms with Crippen LogP contribution in [0, 0.1) is 11.8 Å². The minimum atomic E-state index is -2.90. The Bertz CT molecular complexity index is 581. The van der Waals surface area contributed by atoms with Crippen molar-refractivity contribution in [2.45, 2.75) is 18.9 Å². The second-order valence-corrected chi connectivity index (χ2v) is 7.01. The van der Waals surface area contributed by atoms with Crippen molar-refractivity contribution in [3.63, 3.8) is 0 Å². The Morgan fingerprint density at radius 2 is 2.05 bits per heavy atom. The van der Waals surface area contributed by atoms with Gasteiger partial charge in [-0.2, -0.15) is 0 Å². The summed E-state index contributed by atoms with van der Waals surface area (Å²) < 4.78 is 28.3. The molecule has 2 rings (SSSR count). The zero-order valence-corrected chi connectivity index (χ0v) is 12.0. The summed E-state index contributed by atoms with van der Waals surface area (Å²) in [5, 5.41) is 0. The van der Waals surface area contributed by atoms with Crippen molar-refractivity contribution in [3.05, 3.63) is 29.8 Å². The summed E-state index contributed by atoms with van der Waals surface area (Å²) in [6.07, 6.45) is 1.01. The number of alkyl halides is 1. The molecule has 1 aliphatic rings. The van der Waals surface area contributed by atoms with Gasteiger partial charge in [0.05, 0.1) is 11.5 Å². The molecule has 1 aromatic carbocycles. The topological polar surface area (TPSA) is 43.4 Å². The highest BCUT2D eigenvalue weighted by Gasteiger charge is 2.29. The Hall–Kier alpha value is -1.18. The van der Waals surface area contributed by atoms with Crippen LogP contribution in [0.2, 0.25) is 0 Å². The maximum Gasteiger partial charge on any atom is 0.154 e. The van der Waals surface area contributed by atoms with Gasteiger partial charge in [-0.05, 0) is 30.7 Å². The van der Waals surface area contributed by atoms with Crippen LogP contribution in [0.4, 0.5) is 0 Å². The molecule has 1 heterocycles. The van der Waals surface area contributed by atoms with E-state index in [2.05, 4.69) is 11.8 Å². The van der Waals surface area contributed by atoms with Gasteiger partial charge in [-0.3, -0.25) is 0 Å². The van der Waals surface area contributed by atoms with E-state index in [4.69, 9.17) is 16.3 Å². The quantitative estimate of drug-likeness (QED) is 0.635. The van der Waals surface area contributed by atoms with E-state index in [-0.39, 0.29) is 17.6 Å². The van der Waals surface area contributed by atoms with Crippen molar-refractivity contribution in [2.75, 3.05) is 17.4 Å². The van der Waals surface area contributed by atoms with E-state index < -0.39 is 9.84 Å². The molecule has 0 spiro atoms. The summed E-state index contributed by atoms with van der Waals surface area (Å²) in [6.45, 7) is 0. The highest BCUT2D eigenvalue weighted by Crippen LogP contribution is 2.20. The first-order valence-corrected chi connectivity index (χ1v) is 8.47. The number of halogens is 1. The Kier molecular flexibility index (Phi) is 4.73. The summed E-state index contributed by atoms with van der Waals surface area (Å²) in [4.78, 5) is 0. The Balaban J connectivity index is 1.94. The van der Waals surface area contributed by atoms with Gasteiger partial charge >= 0.3 is 0 Å². The first-order chi connectivity index (χ1) is 9.09. The van der Waals surface area contributed by atoms with Gasteiger partial charge in [0.1, 0.15) is 11.9 Å². The van der Waals surface area contributed by atoms with Crippen molar-refractivity contribution >= 4 is 21.4 Å². The standard InChI is InChI=1S/C14H15ClO3S/c15-9-2-1-3-12-4-6-13(7-5-12)18-14-8-10-19(16,17)11-14/h4-7,14H,2,8-11H2. The van der Waals surface area contributed by atoms with Crippen LogP contribution in [0.25, 0.3) is 0 Å². The molecule has 1 saturated heterocycles. The largest absolute Gasteiger partial charge is 0.489 e. The Labute approximate surface area is 118 Å². The molecule has 1 unspecified atom stereocenters. The van der Waals surface area contributed by atoms with Crippen LogP contribution < -0.4 is 4.74 Å². The third-order valence-corrected chi connectivity index (χ3v) is 4.73. The summed E-state index contributed by atoms with van der Waals surface area (Å²) in [5.41, 5.74) is 0.900. The van der Waals surface area contributed by atoms with Crippen LogP contribution in [0.5, 0.6) is 5.75 Å². The van der Waals surface area contributed by atoms with Gasteiger partial charge in [0.2, 0.25) is 0 Å². The highest BCUT2D eigenvalue weighted by molar-refractivity contribution is 7.91. The number of hydrogen-bond donors (Lipinski definition) is 0. The number of ether oxygens (including phenoxy) is 1. The lowest BCUT2D eigenvalue weighted by atomic mass is 10.2. The fourth-order valence-electron chi connectivity index (χ4n) is 1.87. The fraction of sp³-hybridized carbons (Fsp3) is 0.429. The van der Waals surface area contributed by atoms with Gasteiger partial charge in [0, 0.05) is 17.9 Å². The van der Waals surface area contributed by atoms with Crippen LogP contribution in [0.15, 0.2) is 24.3 Å². The van der Waals surface area contributed by atoms with E-state index in [0.717, 1.165) is 5.56 Å². The highest BCUT2D eigenvalue weighted by atomic mass is 35.5. The van der Waals surface area contributed by atoms with E-state index in [1.54, 1.807) is 0 Å². The molecule has 1 atom stereocenters. The predicted molar refractivity (Wildman–Crippen MR) is 76.3 cm³/mol. The number of sulfone groups is 1. The lowest BCUT2D eigenvalue weighted by Gasteiger charge is -2.11. The smallest absolute Gasteiger partial charge is 0.154 e. The molecule has 0 N–H and O–H groups in total. The lowest BCUT2D eigenvalue weighted by molar-refractivity contribution is 0.229. The molecule has 0 bridgehead atoms. The van der Waals surface area contributed by atoms with E-state index in [0.29, 0.717) is 24.5 Å². The summed E-state index contributed by atoms with van der Waals surface area (Å²) in [7, 11) is -2.90. The Morgan fingerprint density at radius 1 is 1.32 bits per heavy atom. The minimum absolute atomic E-state index is 0.115. The second kappa shape index (κ2) is 6.31. The average Bonchev–Trinajstić information content (AvgIpc) is 2.71. The molecule has 5 heteroatoms. The molecule has 0 aliphatic carbocycles. The van der Waals surface area contributed by atoms with E-state index >= 15 is 0 Å². The first-order valence-electron chi connectivity index (χ1n) is 6.11. The fourth-order valence-corrected chi connectivity index (χ4v) is 3.56. The van der Waals surface area contributed by atoms with Gasteiger partial charge in [-0.25, -0.2) is 8.42 Å². The molecule has 1 aromatic rings. The summed E-state index contributed by atoms with van der Waals surface area (Å²) in [6, 6.07) is 7.35. The first kappa shape index (κ1) is 14.2. The van der Waals surface area contributed by atoms with Gasteiger partial charge in [-0.15, -0.1) is 11.6 Å². The molecule has 102 valence electrons. The van der Waals surface area contributed by atoms with Gasteiger partial charge in [0.15, 0.2) is 9.84 Å². The lowest BCUT2D eigenvalue weighted by Crippen LogP contribution is -2.17. The van der Waals surface area contributed by atoms with E-state index in [1.807, 2.05) is 24.3 Å². The third-order valence-electron chi connectivity index (χ3n) is 2.80. The van der Waals surface area contributed by atoms with Crippen LogP contribution in [-0.2, 0) is 9.84 Å². The molecular formula is C14H15ClO3S. The molecule has 0 saturated carbocycles. The van der Waals surface area contributed by atoms with Gasteiger partial charge < -0.3 is 4.74 Å². The monoisotopic (exact) mass is 298 g/mol.